The summed E-state index contributed by atoms with van der Waals surface area (Å²) < 4.78 is 19.6. The Morgan fingerprint density at radius 1 is 0.706 bits per heavy atom. The van der Waals surface area contributed by atoms with E-state index < -0.39 is 30.3 Å². The van der Waals surface area contributed by atoms with Gasteiger partial charge in [0, 0.05) is 11.1 Å². The molecule has 0 aliphatic carbocycles. The van der Waals surface area contributed by atoms with Crippen LogP contribution in [-0.2, 0) is 14.1 Å². The fraction of sp³-hybridized carbons (Fsp3) is 0.464. The van der Waals surface area contributed by atoms with Crippen molar-refractivity contribution >= 4 is 24.2 Å². The van der Waals surface area contributed by atoms with Crippen molar-refractivity contribution in [1.82, 2.24) is 0 Å². The van der Waals surface area contributed by atoms with Gasteiger partial charge >= 0.3 is 5.97 Å². The first-order chi connectivity index (χ1) is 15.9. The van der Waals surface area contributed by atoms with E-state index in [0.29, 0.717) is 28.7 Å². The van der Waals surface area contributed by atoms with Crippen LogP contribution in [0.3, 0.4) is 0 Å². The third kappa shape index (κ3) is 6.33. The van der Waals surface area contributed by atoms with E-state index in [9.17, 15) is 18.9 Å². The summed E-state index contributed by atoms with van der Waals surface area (Å²) in [7, 11) is -4.35. The number of benzene rings is 2. The van der Waals surface area contributed by atoms with Crippen molar-refractivity contribution in [3.63, 3.8) is 0 Å². The molecule has 0 N–H and O–H groups in total. The molecule has 2 aromatic carbocycles. The van der Waals surface area contributed by atoms with Gasteiger partial charge in [-0.15, -0.1) is 0 Å². The number of aryl methyl sites for hydroxylation is 6. The van der Waals surface area contributed by atoms with Gasteiger partial charge in [-0.05, 0) is 70.2 Å². The van der Waals surface area contributed by atoms with Crippen molar-refractivity contribution < 1.29 is 23.7 Å². The quantitative estimate of drug-likeness (QED) is 0.195. The standard InChI is InChI=1S/C28H37O5P/c1-8-9-10-11-12-33-24(29)17-34(32,27(30)25-20(4)13-18(2)14-21(25)5)28(31)26-22(6)15-19(3)16-23(26)7/h13-16H,8-12,17H2,1-7H3. The topological polar surface area (TPSA) is 77.5 Å². The number of ether oxygens (including phenoxy) is 1. The number of hydrogen-bond donors (Lipinski definition) is 0. The summed E-state index contributed by atoms with van der Waals surface area (Å²) in [5, 5.41) is 0. The van der Waals surface area contributed by atoms with Gasteiger partial charge in [-0.3, -0.25) is 14.4 Å². The second-order valence-electron chi connectivity index (χ2n) is 9.34. The van der Waals surface area contributed by atoms with E-state index in [1.165, 1.54) is 0 Å². The lowest BCUT2D eigenvalue weighted by molar-refractivity contribution is -0.140. The third-order valence-corrected chi connectivity index (χ3v) is 8.51. The van der Waals surface area contributed by atoms with Crippen LogP contribution in [0.4, 0.5) is 0 Å². The van der Waals surface area contributed by atoms with Gasteiger partial charge in [0.1, 0.15) is 6.16 Å². The van der Waals surface area contributed by atoms with Gasteiger partial charge in [-0.2, -0.15) is 0 Å². The van der Waals surface area contributed by atoms with Crippen LogP contribution in [0.2, 0.25) is 0 Å². The molecule has 34 heavy (non-hydrogen) atoms. The largest absolute Gasteiger partial charge is 0.465 e. The second-order valence-corrected chi connectivity index (χ2v) is 11.9. The minimum Gasteiger partial charge on any atom is -0.465 e. The lowest BCUT2D eigenvalue weighted by Crippen LogP contribution is -2.22. The van der Waals surface area contributed by atoms with E-state index in [-0.39, 0.29) is 17.7 Å². The summed E-state index contributed by atoms with van der Waals surface area (Å²) in [5.74, 6) is -0.772. The molecule has 0 bridgehead atoms. The van der Waals surface area contributed by atoms with Crippen molar-refractivity contribution in [2.45, 2.75) is 74.1 Å². The SMILES string of the molecule is CCCCCCOC(=O)CP(=O)(C(=O)c1c(C)cc(C)cc1C)C(=O)c1c(C)cc(C)cc1C. The van der Waals surface area contributed by atoms with Crippen molar-refractivity contribution in [2.24, 2.45) is 0 Å². The monoisotopic (exact) mass is 484 g/mol. The van der Waals surface area contributed by atoms with Crippen LogP contribution < -0.4 is 0 Å². The van der Waals surface area contributed by atoms with Crippen molar-refractivity contribution in [2.75, 3.05) is 12.8 Å². The Balaban J connectivity index is 2.51. The molecule has 0 fully saturated rings. The molecule has 6 heteroatoms. The van der Waals surface area contributed by atoms with Crippen LogP contribution in [0, 0.1) is 41.5 Å². The molecule has 0 atom stereocenters. The molecule has 0 aliphatic heterocycles. The molecule has 0 heterocycles. The van der Waals surface area contributed by atoms with Crippen LogP contribution in [0.15, 0.2) is 24.3 Å². The van der Waals surface area contributed by atoms with Crippen LogP contribution in [0.5, 0.6) is 0 Å². The maximum Gasteiger partial charge on any atom is 0.314 e. The number of unbranched alkanes of at least 4 members (excludes halogenated alkanes) is 3. The Bertz CT molecular complexity index is 1030. The van der Waals surface area contributed by atoms with Gasteiger partial charge in [0.2, 0.25) is 18.2 Å². The lowest BCUT2D eigenvalue weighted by Gasteiger charge is -2.20. The first-order valence-electron chi connectivity index (χ1n) is 11.9. The van der Waals surface area contributed by atoms with Crippen LogP contribution in [0.25, 0.3) is 0 Å². The highest BCUT2D eigenvalue weighted by Crippen LogP contribution is 2.53. The number of carbonyl (C=O) groups is 3. The summed E-state index contributed by atoms with van der Waals surface area (Å²) in [4.78, 5) is 40.3. The molecule has 0 spiro atoms. The Morgan fingerprint density at radius 2 is 1.12 bits per heavy atom. The first kappa shape index (κ1) is 27.7. The maximum atomic E-state index is 14.3. The molecule has 2 aromatic rings. The van der Waals surface area contributed by atoms with Crippen LogP contribution >= 0.6 is 7.14 Å². The van der Waals surface area contributed by atoms with Gasteiger partial charge < -0.3 is 9.30 Å². The van der Waals surface area contributed by atoms with Crippen molar-refractivity contribution in [1.29, 1.82) is 0 Å². The molecule has 0 aliphatic rings. The van der Waals surface area contributed by atoms with E-state index in [0.717, 1.165) is 30.4 Å². The average molecular weight is 485 g/mol. The Labute approximate surface area is 203 Å². The minimum absolute atomic E-state index is 0.187. The fourth-order valence-corrected chi connectivity index (χ4v) is 6.93. The summed E-state index contributed by atoms with van der Waals surface area (Å²) >= 11 is 0. The molecule has 0 saturated heterocycles. The van der Waals surface area contributed by atoms with Crippen molar-refractivity contribution in [3.8, 4) is 0 Å². The highest BCUT2D eigenvalue weighted by atomic mass is 31.2. The normalized spacial score (nSPS) is 11.4. The lowest BCUT2D eigenvalue weighted by atomic mass is 10.0. The Morgan fingerprint density at radius 3 is 1.50 bits per heavy atom. The van der Waals surface area contributed by atoms with Crippen molar-refractivity contribution in [3.05, 3.63) is 68.8 Å². The van der Waals surface area contributed by atoms with Gasteiger partial charge in [0.15, 0.2) is 0 Å². The van der Waals surface area contributed by atoms with Gasteiger partial charge in [-0.25, -0.2) is 0 Å². The molecule has 0 saturated carbocycles. The molecule has 0 aromatic heterocycles. The van der Waals surface area contributed by atoms with E-state index >= 15 is 0 Å². The third-order valence-electron chi connectivity index (χ3n) is 6.05. The van der Waals surface area contributed by atoms with E-state index in [1.807, 2.05) is 38.1 Å². The predicted molar refractivity (Wildman–Crippen MR) is 138 cm³/mol. The Kier molecular flexibility index (Phi) is 9.58. The molecule has 0 radical (unpaired) electrons. The first-order valence-corrected chi connectivity index (χ1v) is 13.8. The average Bonchev–Trinajstić information content (AvgIpc) is 2.71. The highest BCUT2D eigenvalue weighted by molar-refractivity contribution is 7.96. The summed E-state index contributed by atoms with van der Waals surface area (Å²) in [5.41, 5.74) is 3.45. The van der Waals surface area contributed by atoms with Gasteiger partial charge in [0.05, 0.1) is 6.61 Å². The number of esters is 1. The molecule has 0 amide bonds. The molecular weight excluding hydrogens is 447 g/mol. The minimum atomic E-state index is -4.35. The molecule has 2 rings (SSSR count). The summed E-state index contributed by atoms with van der Waals surface area (Å²) in [6.07, 6.45) is 2.97. The Hall–Kier alpha value is -2.52. The highest BCUT2D eigenvalue weighted by Gasteiger charge is 2.45. The number of carbonyl (C=O) groups excluding carboxylic acids is 3. The molecular formula is C28H37O5P. The van der Waals surface area contributed by atoms with Gasteiger partial charge in [0.25, 0.3) is 0 Å². The van der Waals surface area contributed by atoms with Gasteiger partial charge in [-0.1, -0.05) is 61.6 Å². The summed E-state index contributed by atoms with van der Waals surface area (Å²) in [6, 6.07) is 7.29. The van der Waals surface area contributed by atoms with E-state index in [2.05, 4.69) is 6.92 Å². The molecule has 184 valence electrons. The summed E-state index contributed by atoms with van der Waals surface area (Å²) in [6.45, 7) is 13.1. The maximum absolute atomic E-state index is 14.3. The predicted octanol–water partition coefficient (Wildman–Crippen LogP) is 7.00. The zero-order valence-electron chi connectivity index (χ0n) is 21.5. The number of rotatable bonds is 11. The van der Waals surface area contributed by atoms with E-state index in [1.54, 1.807) is 27.7 Å². The molecule has 0 unspecified atom stereocenters. The fourth-order valence-electron chi connectivity index (χ4n) is 4.57. The molecule has 5 nitrogen and oxygen atoms in total. The van der Waals surface area contributed by atoms with Crippen LogP contribution in [-0.4, -0.2) is 29.8 Å². The zero-order valence-corrected chi connectivity index (χ0v) is 22.4. The van der Waals surface area contributed by atoms with Crippen LogP contribution in [0.1, 0.15) is 86.7 Å². The van der Waals surface area contributed by atoms with E-state index in [4.69, 9.17) is 4.74 Å². The zero-order chi connectivity index (χ0) is 25.6. The number of hydrogen-bond acceptors (Lipinski definition) is 5. The smallest absolute Gasteiger partial charge is 0.314 e. The second kappa shape index (κ2) is 11.8.